The molecule has 1 aliphatic carbocycles. The number of aromatic nitrogens is 2. The van der Waals surface area contributed by atoms with Gasteiger partial charge in [0.1, 0.15) is 5.82 Å². The highest BCUT2D eigenvalue weighted by Gasteiger charge is 2.40. The molecule has 1 saturated heterocycles. The molecule has 6 nitrogen and oxygen atoms in total. The summed E-state index contributed by atoms with van der Waals surface area (Å²) in [6.07, 6.45) is 8.83. The molecule has 4 rings (SSSR count). The summed E-state index contributed by atoms with van der Waals surface area (Å²) in [6.45, 7) is 1.75. The topological polar surface area (TPSA) is 75.4 Å². The van der Waals surface area contributed by atoms with E-state index in [0.29, 0.717) is 31.6 Å². The molecule has 1 aromatic carbocycles. The number of carboxylic acids is 1. The minimum Gasteiger partial charge on any atom is -0.481 e. The highest BCUT2D eigenvalue weighted by molar-refractivity contribution is 7.81. The predicted molar refractivity (Wildman–Crippen MR) is 130 cm³/mol. The van der Waals surface area contributed by atoms with E-state index in [1.165, 1.54) is 6.07 Å². The van der Waals surface area contributed by atoms with Gasteiger partial charge in [0, 0.05) is 54.5 Å². The van der Waals surface area contributed by atoms with E-state index in [0.717, 1.165) is 30.4 Å². The first-order valence-electron chi connectivity index (χ1n) is 11.1. The van der Waals surface area contributed by atoms with Crippen molar-refractivity contribution in [1.29, 1.82) is 0 Å². The first-order chi connectivity index (χ1) is 15.4. The van der Waals surface area contributed by atoms with Gasteiger partial charge in [0.05, 0.1) is 12.2 Å². The minimum atomic E-state index is -0.815. The summed E-state index contributed by atoms with van der Waals surface area (Å²) < 4.78 is 16.4. The lowest BCUT2D eigenvalue weighted by Gasteiger charge is -2.37. The van der Waals surface area contributed by atoms with Gasteiger partial charge in [-0.3, -0.25) is 19.2 Å². The standard InChI is InChI=1S/C24H28FN3O3S.ClH/c25-20-5-2-1-4-19(20)23(24(31)17-7-8-17)27-11-9-21(32)18(15-27)12-16-13-26-28(14-16)10-3-6-22(29)30;/h1-2,4-5,12-14,17,21,23,32H,3,6-11,15H2,(H,29,30);1H/b18-12+;. The number of aliphatic carboxylic acids is 1. The van der Waals surface area contributed by atoms with Crippen molar-refractivity contribution < 1.29 is 19.1 Å². The number of aryl methyl sites for hydroxylation is 1. The average Bonchev–Trinajstić information content (AvgIpc) is 3.52. The van der Waals surface area contributed by atoms with Crippen LogP contribution in [-0.4, -0.2) is 49.9 Å². The van der Waals surface area contributed by atoms with Crippen LogP contribution in [0.4, 0.5) is 4.39 Å². The van der Waals surface area contributed by atoms with E-state index >= 15 is 0 Å². The van der Waals surface area contributed by atoms with E-state index in [9.17, 15) is 14.0 Å². The van der Waals surface area contributed by atoms with E-state index < -0.39 is 12.0 Å². The van der Waals surface area contributed by atoms with Crippen molar-refractivity contribution in [3.63, 3.8) is 0 Å². The Morgan fingerprint density at radius 1 is 1.27 bits per heavy atom. The number of likely N-dealkylation sites (tertiary alicyclic amines) is 1. The van der Waals surface area contributed by atoms with Crippen LogP contribution in [0.1, 0.15) is 49.3 Å². The fraction of sp³-hybridized carbons (Fsp3) is 0.458. The van der Waals surface area contributed by atoms with Crippen molar-refractivity contribution in [2.45, 2.75) is 49.9 Å². The third-order valence-corrected chi connectivity index (χ3v) is 6.69. The van der Waals surface area contributed by atoms with Gasteiger partial charge >= 0.3 is 5.97 Å². The highest BCUT2D eigenvalue weighted by Crippen LogP contribution is 2.39. The molecular weight excluding hydrogens is 465 g/mol. The Labute approximate surface area is 204 Å². The van der Waals surface area contributed by atoms with Crippen molar-refractivity contribution in [3.05, 3.63) is 59.2 Å². The Bertz CT molecular complexity index is 1020. The Balaban J connectivity index is 0.00000306. The summed E-state index contributed by atoms with van der Waals surface area (Å²) in [5, 5.41) is 13.2. The summed E-state index contributed by atoms with van der Waals surface area (Å²) >= 11 is 4.75. The molecule has 0 radical (unpaired) electrons. The summed E-state index contributed by atoms with van der Waals surface area (Å²) in [7, 11) is 0. The number of carbonyl (C=O) groups is 2. The number of thiol groups is 1. The number of carbonyl (C=O) groups excluding carboxylic acids is 1. The van der Waals surface area contributed by atoms with Gasteiger partial charge in [0.25, 0.3) is 0 Å². The van der Waals surface area contributed by atoms with Gasteiger partial charge in [-0.25, -0.2) is 4.39 Å². The summed E-state index contributed by atoms with van der Waals surface area (Å²) in [5.74, 6) is -1.01. The Morgan fingerprint density at radius 2 is 2.03 bits per heavy atom. The zero-order chi connectivity index (χ0) is 22.7. The third-order valence-electron chi connectivity index (χ3n) is 6.10. The predicted octanol–water partition coefficient (Wildman–Crippen LogP) is 4.42. The van der Waals surface area contributed by atoms with Gasteiger partial charge in [0.2, 0.25) is 0 Å². The molecule has 1 N–H and O–H groups in total. The van der Waals surface area contributed by atoms with Crippen LogP contribution < -0.4 is 0 Å². The molecule has 9 heteroatoms. The Kier molecular flexibility index (Phi) is 8.73. The first kappa shape index (κ1) is 25.5. The van der Waals surface area contributed by atoms with Crippen molar-refractivity contribution in [2.75, 3.05) is 13.1 Å². The number of benzene rings is 1. The number of hydrogen-bond acceptors (Lipinski definition) is 5. The lowest BCUT2D eigenvalue weighted by atomic mass is 9.93. The molecule has 2 atom stereocenters. The first-order valence-corrected chi connectivity index (χ1v) is 11.6. The zero-order valence-corrected chi connectivity index (χ0v) is 20.0. The van der Waals surface area contributed by atoms with Crippen molar-refractivity contribution in [3.8, 4) is 0 Å². The van der Waals surface area contributed by atoms with Crippen LogP contribution in [0.2, 0.25) is 0 Å². The molecule has 1 aliphatic heterocycles. The number of hydrogen-bond donors (Lipinski definition) is 2. The quantitative estimate of drug-likeness (QED) is 0.506. The largest absolute Gasteiger partial charge is 0.481 e. The molecule has 33 heavy (non-hydrogen) atoms. The van der Waals surface area contributed by atoms with Gasteiger partial charge < -0.3 is 5.11 Å². The van der Waals surface area contributed by atoms with E-state index in [1.807, 2.05) is 12.3 Å². The molecule has 2 fully saturated rings. The molecule has 1 saturated carbocycles. The molecule has 0 amide bonds. The van der Waals surface area contributed by atoms with Crippen LogP contribution in [0, 0.1) is 11.7 Å². The molecule has 178 valence electrons. The minimum absolute atomic E-state index is 0. The van der Waals surface area contributed by atoms with Crippen LogP contribution in [-0.2, 0) is 16.1 Å². The second-order valence-electron chi connectivity index (χ2n) is 8.63. The Morgan fingerprint density at radius 3 is 2.73 bits per heavy atom. The van der Waals surface area contributed by atoms with Crippen molar-refractivity contribution in [1.82, 2.24) is 14.7 Å². The molecular formula is C24H29ClFN3O3S. The summed E-state index contributed by atoms with van der Waals surface area (Å²) in [6, 6.07) is 6.00. The average molecular weight is 494 g/mol. The molecule has 2 aliphatic rings. The van der Waals surface area contributed by atoms with E-state index in [2.05, 4.69) is 10.00 Å². The lowest BCUT2D eigenvalue weighted by molar-refractivity contribution is -0.137. The second-order valence-corrected chi connectivity index (χ2v) is 9.25. The number of halogens is 2. The van der Waals surface area contributed by atoms with Crippen LogP contribution in [0.15, 0.2) is 42.2 Å². The Hall–Kier alpha value is -2.16. The normalized spacial score (nSPS) is 20.9. The number of piperidine rings is 1. The van der Waals surface area contributed by atoms with Gasteiger partial charge in [0.15, 0.2) is 5.78 Å². The zero-order valence-electron chi connectivity index (χ0n) is 18.3. The van der Waals surface area contributed by atoms with Crippen LogP contribution in [0.25, 0.3) is 6.08 Å². The van der Waals surface area contributed by atoms with Crippen LogP contribution in [0.3, 0.4) is 0 Å². The number of nitrogens with zero attached hydrogens (tertiary/aromatic N) is 3. The number of ketones is 1. The third kappa shape index (κ3) is 6.46. The number of rotatable bonds is 9. The highest BCUT2D eigenvalue weighted by atomic mass is 35.5. The molecule has 1 aromatic heterocycles. The fourth-order valence-corrected chi connectivity index (χ4v) is 4.53. The maximum absolute atomic E-state index is 14.7. The molecule has 2 heterocycles. The maximum Gasteiger partial charge on any atom is 0.303 e. The smallest absolute Gasteiger partial charge is 0.303 e. The number of carboxylic acid groups (broad SMARTS) is 1. The number of Topliss-reactive ketones (excluding diaryl/α,β-unsaturated/α-hetero) is 1. The van der Waals surface area contributed by atoms with Crippen LogP contribution in [0.5, 0.6) is 0 Å². The van der Waals surface area contributed by atoms with Crippen molar-refractivity contribution in [2.24, 2.45) is 5.92 Å². The van der Waals surface area contributed by atoms with Gasteiger partial charge in [-0.1, -0.05) is 24.3 Å². The summed E-state index contributed by atoms with van der Waals surface area (Å²) in [4.78, 5) is 25.9. The monoisotopic (exact) mass is 493 g/mol. The lowest BCUT2D eigenvalue weighted by Crippen LogP contribution is -2.42. The molecule has 0 bridgehead atoms. The van der Waals surface area contributed by atoms with Crippen LogP contribution >= 0.6 is 25.0 Å². The molecule has 0 spiro atoms. The molecule has 2 aromatic rings. The SMILES string of the molecule is Cl.O=C(O)CCCn1cc(/C=C2\CN(C(C(=O)C3CC3)c3ccccc3F)CCC2S)cn1. The summed E-state index contributed by atoms with van der Waals surface area (Å²) in [5.41, 5.74) is 2.43. The van der Waals surface area contributed by atoms with Crippen molar-refractivity contribution >= 4 is 42.9 Å². The molecule has 2 unspecified atom stereocenters. The second kappa shape index (κ2) is 11.3. The van der Waals surface area contributed by atoms with E-state index in [-0.39, 0.29) is 41.6 Å². The van der Waals surface area contributed by atoms with E-state index in [1.54, 1.807) is 29.1 Å². The fourth-order valence-electron chi connectivity index (χ4n) is 4.26. The maximum atomic E-state index is 14.7. The van der Waals surface area contributed by atoms with Gasteiger partial charge in [-0.15, -0.1) is 12.4 Å². The van der Waals surface area contributed by atoms with Gasteiger partial charge in [-0.2, -0.15) is 17.7 Å². The van der Waals surface area contributed by atoms with Gasteiger partial charge in [-0.05, 0) is 37.3 Å². The van der Waals surface area contributed by atoms with E-state index in [4.69, 9.17) is 17.7 Å².